The predicted molar refractivity (Wildman–Crippen MR) is 111 cm³/mol. The lowest BCUT2D eigenvalue weighted by atomic mass is 9.88. The van der Waals surface area contributed by atoms with Crippen LogP contribution in [0.2, 0.25) is 0 Å². The Hall–Kier alpha value is -2.85. The number of benzene rings is 1. The smallest absolute Gasteiger partial charge is 0.328 e. The third-order valence-electron chi connectivity index (χ3n) is 5.42. The number of rotatable bonds is 6. The van der Waals surface area contributed by atoms with Crippen molar-refractivity contribution in [3.63, 3.8) is 0 Å². The predicted octanol–water partition coefficient (Wildman–Crippen LogP) is 3.01. The molecule has 7 heteroatoms. The van der Waals surface area contributed by atoms with E-state index in [0.717, 1.165) is 26.1 Å². The van der Waals surface area contributed by atoms with Gasteiger partial charge in [0.2, 0.25) is 0 Å². The molecule has 3 rings (SSSR count). The van der Waals surface area contributed by atoms with Crippen molar-refractivity contribution in [2.75, 3.05) is 31.1 Å². The van der Waals surface area contributed by atoms with E-state index in [0.29, 0.717) is 30.5 Å². The first kappa shape index (κ1) is 22.4. The second-order valence-electron chi connectivity index (χ2n) is 7.38. The number of carboxylic acids is 2. The molecule has 1 saturated heterocycles. The molecule has 0 amide bonds. The van der Waals surface area contributed by atoms with Crippen molar-refractivity contribution < 1.29 is 19.8 Å². The quantitative estimate of drug-likeness (QED) is 0.559. The number of carboxylic acid groups (broad SMARTS) is 2. The lowest BCUT2D eigenvalue weighted by Crippen LogP contribution is -2.46. The number of hydrogen-bond donors (Lipinski definition) is 2. The fraction of sp³-hybridized carbons (Fsp3) is 0.500. The SMILES string of the molecule is CCN1c2ccc(C)cc2C2CN(CCCC#N)CCC21.O=C(O)/C=C\C(=O)O. The highest BCUT2D eigenvalue weighted by molar-refractivity contribution is 5.89. The zero-order chi connectivity index (χ0) is 21.4. The minimum absolute atomic E-state index is 0.558. The molecule has 0 radical (unpaired) electrons. The monoisotopic (exact) mass is 399 g/mol. The average Bonchev–Trinajstić information content (AvgIpc) is 2.99. The van der Waals surface area contributed by atoms with E-state index in [4.69, 9.17) is 15.5 Å². The lowest BCUT2D eigenvalue weighted by Gasteiger charge is -2.38. The molecular formula is C22H29N3O4. The maximum Gasteiger partial charge on any atom is 0.328 e. The molecule has 2 heterocycles. The molecule has 0 spiro atoms. The van der Waals surface area contributed by atoms with Crippen LogP contribution in [-0.4, -0.2) is 59.3 Å². The van der Waals surface area contributed by atoms with Crippen molar-refractivity contribution in [1.82, 2.24) is 4.90 Å². The molecule has 2 unspecified atom stereocenters. The number of aliphatic carboxylic acids is 2. The van der Waals surface area contributed by atoms with E-state index in [1.165, 1.54) is 24.2 Å². The first-order chi connectivity index (χ1) is 13.9. The fourth-order valence-corrected chi connectivity index (χ4v) is 4.23. The summed E-state index contributed by atoms with van der Waals surface area (Å²) in [6.07, 6.45) is 4.05. The van der Waals surface area contributed by atoms with E-state index in [9.17, 15) is 9.59 Å². The van der Waals surface area contributed by atoms with E-state index in [2.05, 4.69) is 47.9 Å². The Morgan fingerprint density at radius 2 is 1.97 bits per heavy atom. The summed E-state index contributed by atoms with van der Waals surface area (Å²) >= 11 is 0. The summed E-state index contributed by atoms with van der Waals surface area (Å²) in [5.41, 5.74) is 4.37. The maximum atomic E-state index is 9.55. The largest absolute Gasteiger partial charge is 0.478 e. The van der Waals surface area contributed by atoms with Crippen LogP contribution in [0.5, 0.6) is 0 Å². The van der Waals surface area contributed by atoms with Gasteiger partial charge in [-0.2, -0.15) is 5.26 Å². The lowest BCUT2D eigenvalue weighted by molar-refractivity contribution is -0.134. The van der Waals surface area contributed by atoms with Crippen LogP contribution in [-0.2, 0) is 9.59 Å². The van der Waals surface area contributed by atoms with Crippen molar-refractivity contribution in [2.45, 2.75) is 45.1 Å². The molecule has 1 fully saturated rings. The topological polar surface area (TPSA) is 105 Å². The van der Waals surface area contributed by atoms with Crippen molar-refractivity contribution in [1.29, 1.82) is 5.26 Å². The van der Waals surface area contributed by atoms with Gasteiger partial charge >= 0.3 is 11.9 Å². The van der Waals surface area contributed by atoms with Crippen LogP contribution in [0.25, 0.3) is 0 Å². The van der Waals surface area contributed by atoms with Gasteiger partial charge in [-0.1, -0.05) is 17.7 Å². The van der Waals surface area contributed by atoms with Crippen LogP contribution in [0.15, 0.2) is 30.4 Å². The summed E-state index contributed by atoms with van der Waals surface area (Å²) in [4.78, 5) is 24.3. The van der Waals surface area contributed by atoms with Gasteiger partial charge in [0.1, 0.15) is 0 Å². The van der Waals surface area contributed by atoms with Crippen LogP contribution >= 0.6 is 0 Å². The Balaban J connectivity index is 0.000000321. The molecule has 0 aliphatic carbocycles. The highest BCUT2D eigenvalue weighted by atomic mass is 16.4. The fourth-order valence-electron chi connectivity index (χ4n) is 4.23. The van der Waals surface area contributed by atoms with Crippen molar-refractivity contribution in [3.05, 3.63) is 41.5 Å². The molecule has 2 aliphatic rings. The number of unbranched alkanes of at least 4 members (excludes halogenated alkanes) is 1. The van der Waals surface area contributed by atoms with Crippen LogP contribution in [0.4, 0.5) is 5.69 Å². The number of aryl methyl sites for hydroxylation is 1. The van der Waals surface area contributed by atoms with E-state index in [1.54, 1.807) is 5.56 Å². The number of likely N-dealkylation sites (N-methyl/N-ethyl adjacent to an activating group) is 1. The van der Waals surface area contributed by atoms with Gasteiger partial charge in [-0.25, -0.2) is 9.59 Å². The van der Waals surface area contributed by atoms with E-state index in [-0.39, 0.29) is 0 Å². The highest BCUT2D eigenvalue weighted by Crippen LogP contribution is 2.44. The summed E-state index contributed by atoms with van der Waals surface area (Å²) in [6, 6.07) is 9.88. The summed E-state index contributed by atoms with van der Waals surface area (Å²) in [6.45, 7) is 8.97. The van der Waals surface area contributed by atoms with Gasteiger partial charge in [-0.3, -0.25) is 0 Å². The van der Waals surface area contributed by atoms with Crippen molar-refractivity contribution >= 4 is 17.6 Å². The summed E-state index contributed by atoms with van der Waals surface area (Å²) in [7, 11) is 0. The minimum atomic E-state index is -1.26. The van der Waals surface area contributed by atoms with Crippen LogP contribution in [0.1, 0.15) is 43.2 Å². The molecule has 2 aliphatic heterocycles. The third-order valence-corrected chi connectivity index (χ3v) is 5.42. The van der Waals surface area contributed by atoms with Gasteiger partial charge in [-0.15, -0.1) is 0 Å². The van der Waals surface area contributed by atoms with E-state index in [1.807, 2.05) is 0 Å². The van der Waals surface area contributed by atoms with Crippen molar-refractivity contribution in [2.24, 2.45) is 0 Å². The molecule has 29 heavy (non-hydrogen) atoms. The Morgan fingerprint density at radius 1 is 1.28 bits per heavy atom. The second kappa shape index (κ2) is 10.6. The van der Waals surface area contributed by atoms with E-state index >= 15 is 0 Å². The number of piperidine rings is 1. The van der Waals surface area contributed by atoms with Crippen LogP contribution in [0.3, 0.4) is 0 Å². The Morgan fingerprint density at radius 3 is 2.55 bits per heavy atom. The Bertz CT molecular complexity index is 784. The Kier molecular flexibility index (Phi) is 8.22. The number of likely N-dealkylation sites (tertiary alicyclic amines) is 1. The van der Waals surface area contributed by atoms with Gasteiger partial charge in [0.05, 0.1) is 6.07 Å². The molecule has 2 N–H and O–H groups in total. The summed E-state index contributed by atoms with van der Waals surface area (Å²) < 4.78 is 0. The normalized spacial score (nSPS) is 20.4. The number of fused-ring (bicyclic) bond motifs is 3. The molecule has 156 valence electrons. The van der Waals surface area contributed by atoms with Gasteiger partial charge in [-0.05, 0) is 44.9 Å². The maximum absolute atomic E-state index is 9.55. The zero-order valence-electron chi connectivity index (χ0n) is 17.0. The number of nitriles is 1. The molecule has 2 atom stereocenters. The molecular weight excluding hydrogens is 370 g/mol. The summed E-state index contributed by atoms with van der Waals surface area (Å²) in [5.74, 6) is -1.87. The van der Waals surface area contributed by atoms with E-state index < -0.39 is 11.9 Å². The zero-order valence-corrected chi connectivity index (χ0v) is 17.0. The van der Waals surface area contributed by atoms with Gasteiger partial charge in [0, 0.05) is 55.9 Å². The van der Waals surface area contributed by atoms with Crippen molar-refractivity contribution in [3.8, 4) is 6.07 Å². The van der Waals surface area contributed by atoms with Gasteiger partial charge in [0.25, 0.3) is 0 Å². The first-order valence-corrected chi connectivity index (χ1v) is 9.97. The first-order valence-electron chi connectivity index (χ1n) is 9.97. The van der Waals surface area contributed by atoms with Crippen LogP contribution < -0.4 is 4.90 Å². The number of nitrogens with zero attached hydrogens (tertiary/aromatic N) is 3. The molecule has 7 nitrogen and oxygen atoms in total. The number of carbonyl (C=O) groups is 2. The molecule has 0 bridgehead atoms. The second-order valence-corrected chi connectivity index (χ2v) is 7.38. The number of anilines is 1. The standard InChI is InChI=1S/C18H25N3.C4H4O4/c1-3-21-17-7-6-14(2)12-15(17)16-13-20(10-5-4-9-19)11-8-18(16)21;5-3(6)1-2-4(7)8/h6-7,12,16,18H,3-5,8,10-11,13H2,1-2H3;1-2H,(H,5,6)(H,7,8)/b;2-1-. The molecule has 1 aromatic rings. The molecule has 0 saturated carbocycles. The summed E-state index contributed by atoms with van der Waals surface area (Å²) in [5, 5.41) is 24.3. The average molecular weight is 399 g/mol. The molecule has 0 aromatic heterocycles. The van der Waals surface area contributed by atoms with Gasteiger partial charge < -0.3 is 20.0 Å². The van der Waals surface area contributed by atoms with Crippen LogP contribution in [0, 0.1) is 18.3 Å². The molecule has 1 aromatic carbocycles. The highest BCUT2D eigenvalue weighted by Gasteiger charge is 2.40. The Labute approximate surface area is 171 Å². The number of hydrogen-bond acceptors (Lipinski definition) is 5. The third kappa shape index (κ3) is 6.06. The minimum Gasteiger partial charge on any atom is -0.478 e. The van der Waals surface area contributed by atoms with Gasteiger partial charge in [0.15, 0.2) is 0 Å².